The maximum absolute atomic E-state index is 12.7. The van der Waals surface area contributed by atoms with Gasteiger partial charge in [-0.2, -0.15) is 0 Å². The molecule has 0 bridgehead atoms. The van der Waals surface area contributed by atoms with Gasteiger partial charge in [0.15, 0.2) is 0 Å². The van der Waals surface area contributed by atoms with Crippen molar-refractivity contribution in [1.29, 1.82) is 0 Å². The van der Waals surface area contributed by atoms with Crippen molar-refractivity contribution in [2.45, 2.75) is 33.1 Å². The fraction of sp³-hybridized carbons (Fsp3) is 0.409. The van der Waals surface area contributed by atoms with E-state index >= 15 is 0 Å². The van der Waals surface area contributed by atoms with Gasteiger partial charge in [-0.05, 0) is 35.6 Å². The van der Waals surface area contributed by atoms with Gasteiger partial charge >= 0.3 is 6.03 Å². The zero-order chi connectivity index (χ0) is 18.5. The predicted molar refractivity (Wildman–Crippen MR) is 109 cm³/mol. The van der Waals surface area contributed by atoms with Crippen LogP contribution >= 0.6 is 0 Å². The van der Waals surface area contributed by atoms with E-state index in [4.69, 9.17) is 0 Å². The van der Waals surface area contributed by atoms with Crippen LogP contribution in [0.1, 0.15) is 37.8 Å². The fourth-order valence-electron chi connectivity index (χ4n) is 3.56. The molecule has 0 aromatic heterocycles. The molecule has 1 heterocycles. The number of piperazine rings is 1. The summed E-state index contributed by atoms with van der Waals surface area (Å²) in [6.07, 6.45) is 0.913. The minimum atomic E-state index is 0.00250. The van der Waals surface area contributed by atoms with Crippen molar-refractivity contribution in [3.8, 4) is 0 Å². The van der Waals surface area contributed by atoms with Gasteiger partial charge in [-0.15, -0.1) is 0 Å². The number of amides is 2. The predicted octanol–water partition coefficient (Wildman–Crippen LogP) is 4.73. The lowest BCUT2D eigenvalue weighted by Gasteiger charge is -2.37. The summed E-state index contributed by atoms with van der Waals surface area (Å²) in [4.78, 5) is 17.0. The number of hydrogen-bond donors (Lipinski definition) is 1. The van der Waals surface area contributed by atoms with Gasteiger partial charge < -0.3 is 15.1 Å². The van der Waals surface area contributed by atoms with Gasteiger partial charge in [-0.25, -0.2) is 4.79 Å². The lowest BCUT2D eigenvalue weighted by molar-refractivity contribution is 0.208. The Morgan fingerprint density at radius 2 is 1.65 bits per heavy atom. The van der Waals surface area contributed by atoms with Gasteiger partial charge in [0.25, 0.3) is 0 Å². The summed E-state index contributed by atoms with van der Waals surface area (Å²) in [5.74, 6) is 0.498. The summed E-state index contributed by atoms with van der Waals surface area (Å²) >= 11 is 0. The van der Waals surface area contributed by atoms with Crippen molar-refractivity contribution in [2.75, 3.05) is 36.4 Å². The first-order chi connectivity index (χ1) is 12.6. The molecule has 0 radical (unpaired) electrons. The first-order valence-electron chi connectivity index (χ1n) is 9.57. The molecule has 0 aliphatic carbocycles. The Kier molecular flexibility index (Phi) is 5.82. The summed E-state index contributed by atoms with van der Waals surface area (Å²) in [5.41, 5.74) is 4.78. The van der Waals surface area contributed by atoms with Crippen LogP contribution in [0, 0.1) is 0 Å². The molecule has 1 fully saturated rings. The highest BCUT2D eigenvalue weighted by Crippen LogP contribution is 2.28. The van der Waals surface area contributed by atoms with Crippen molar-refractivity contribution in [3.05, 3.63) is 59.7 Å². The summed E-state index contributed by atoms with van der Waals surface area (Å²) in [6.45, 7) is 9.79. The second kappa shape index (κ2) is 8.26. The van der Waals surface area contributed by atoms with E-state index in [-0.39, 0.29) is 6.03 Å². The third kappa shape index (κ3) is 4.01. The van der Waals surface area contributed by atoms with Gasteiger partial charge in [-0.1, -0.05) is 57.2 Å². The first-order valence-corrected chi connectivity index (χ1v) is 9.57. The van der Waals surface area contributed by atoms with Crippen LogP contribution in [-0.2, 0) is 6.42 Å². The van der Waals surface area contributed by atoms with Crippen LogP contribution in [0.25, 0.3) is 0 Å². The number of urea groups is 1. The van der Waals surface area contributed by atoms with E-state index in [0.29, 0.717) is 5.92 Å². The average Bonchev–Trinajstić information content (AvgIpc) is 2.68. The minimum absolute atomic E-state index is 0.00250. The molecular weight excluding hydrogens is 322 g/mol. The molecule has 1 saturated heterocycles. The molecule has 1 aliphatic rings. The highest BCUT2D eigenvalue weighted by molar-refractivity contribution is 5.90. The molecule has 138 valence electrons. The third-order valence-electron chi connectivity index (χ3n) is 5.11. The number of aryl methyl sites for hydroxylation is 1. The number of nitrogens with zero attached hydrogens (tertiary/aromatic N) is 2. The van der Waals surface area contributed by atoms with Crippen molar-refractivity contribution < 1.29 is 4.79 Å². The Morgan fingerprint density at radius 3 is 2.35 bits per heavy atom. The van der Waals surface area contributed by atoms with E-state index in [1.807, 2.05) is 23.1 Å². The van der Waals surface area contributed by atoms with E-state index in [1.165, 1.54) is 16.8 Å². The number of nitrogens with one attached hydrogen (secondary N) is 1. The maximum atomic E-state index is 12.7. The number of carbonyl (C=O) groups is 1. The normalized spacial score (nSPS) is 14.6. The van der Waals surface area contributed by atoms with Crippen LogP contribution < -0.4 is 10.2 Å². The van der Waals surface area contributed by atoms with E-state index in [0.717, 1.165) is 38.3 Å². The van der Waals surface area contributed by atoms with Crippen molar-refractivity contribution in [1.82, 2.24) is 4.90 Å². The third-order valence-corrected chi connectivity index (χ3v) is 5.11. The molecule has 0 spiro atoms. The second-order valence-electron chi connectivity index (χ2n) is 7.13. The van der Waals surface area contributed by atoms with Gasteiger partial charge in [0.1, 0.15) is 0 Å². The van der Waals surface area contributed by atoms with E-state index in [1.54, 1.807) is 0 Å². The van der Waals surface area contributed by atoms with Crippen molar-refractivity contribution in [3.63, 3.8) is 0 Å². The first kappa shape index (κ1) is 18.3. The van der Waals surface area contributed by atoms with Gasteiger partial charge in [-0.3, -0.25) is 0 Å². The van der Waals surface area contributed by atoms with Gasteiger partial charge in [0, 0.05) is 37.6 Å². The monoisotopic (exact) mass is 351 g/mol. The Bertz CT molecular complexity index is 749. The van der Waals surface area contributed by atoms with E-state index < -0.39 is 0 Å². The number of benzene rings is 2. The molecule has 0 unspecified atom stereocenters. The van der Waals surface area contributed by atoms with Gasteiger partial charge in [0.2, 0.25) is 0 Å². The average molecular weight is 351 g/mol. The molecule has 1 aliphatic heterocycles. The highest BCUT2D eigenvalue weighted by Gasteiger charge is 2.23. The molecule has 2 amide bonds. The molecule has 4 heteroatoms. The van der Waals surface area contributed by atoms with Crippen LogP contribution in [-0.4, -0.2) is 37.1 Å². The molecule has 0 saturated carbocycles. The number of hydrogen-bond acceptors (Lipinski definition) is 2. The Hall–Kier alpha value is -2.49. The quantitative estimate of drug-likeness (QED) is 0.864. The molecule has 2 aromatic rings. The number of carbonyl (C=O) groups excluding carboxylic acids is 1. The fourth-order valence-corrected chi connectivity index (χ4v) is 3.56. The van der Waals surface area contributed by atoms with Crippen LogP contribution in [0.5, 0.6) is 0 Å². The maximum Gasteiger partial charge on any atom is 0.321 e. The topological polar surface area (TPSA) is 35.6 Å². The molecular formula is C22H29N3O. The van der Waals surface area contributed by atoms with Crippen LogP contribution in [0.4, 0.5) is 16.2 Å². The van der Waals surface area contributed by atoms with Gasteiger partial charge in [0.05, 0.1) is 0 Å². The molecule has 3 rings (SSSR count). The largest absolute Gasteiger partial charge is 0.368 e. The number of para-hydroxylation sites is 2. The Balaban J connectivity index is 1.63. The summed E-state index contributed by atoms with van der Waals surface area (Å²) in [6, 6.07) is 16.6. The molecule has 26 heavy (non-hydrogen) atoms. The number of rotatable bonds is 4. The zero-order valence-corrected chi connectivity index (χ0v) is 16.0. The van der Waals surface area contributed by atoms with Crippen LogP contribution in [0.15, 0.2) is 48.5 Å². The second-order valence-corrected chi connectivity index (χ2v) is 7.13. The lowest BCUT2D eigenvalue weighted by Crippen LogP contribution is -2.50. The standard InChI is InChI=1S/C22H29N3O/c1-4-18-9-5-7-11-20(18)23-22(26)25-15-13-24(14-16-25)21-12-8-6-10-19(21)17(2)3/h5-12,17H,4,13-16H2,1-3H3,(H,23,26). The smallest absolute Gasteiger partial charge is 0.321 e. The SMILES string of the molecule is CCc1ccccc1NC(=O)N1CCN(c2ccccc2C(C)C)CC1. The highest BCUT2D eigenvalue weighted by atomic mass is 16.2. The minimum Gasteiger partial charge on any atom is -0.368 e. The molecule has 4 nitrogen and oxygen atoms in total. The van der Waals surface area contributed by atoms with E-state index in [2.05, 4.69) is 61.3 Å². The summed E-state index contributed by atoms with van der Waals surface area (Å²) in [5, 5.41) is 3.08. The lowest BCUT2D eigenvalue weighted by atomic mass is 10.00. The van der Waals surface area contributed by atoms with Crippen molar-refractivity contribution >= 4 is 17.4 Å². The molecule has 0 atom stereocenters. The van der Waals surface area contributed by atoms with Crippen LogP contribution in [0.3, 0.4) is 0 Å². The van der Waals surface area contributed by atoms with E-state index in [9.17, 15) is 4.79 Å². The van der Waals surface area contributed by atoms with Crippen molar-refractivity contribution in [2.24, 2.45) is 0 Å². The molecule has 1 N–H and O–H groups in total. The summed E-state index contributed by atoms with van der Waals surface area (Å²) < 4.78 is 0. The zero-order valence-electron chi connectivity index (χ0n) is 16.0. The Labute approximate surface area is 156 Å². The summed E-state index contributed by atoms with van der Waals surface area (Å²) in [7, 11) is 0. The molecule has 2 aromatic carbocycles. The Morgan fingerprint density at radius 1 is 1.00 bits per heavy atom. The number of anilines is 2. The van der Waals surface area contributed by atoms with Crippen LogP contribution in [0.2, 0.25) is 0 Å².